The molecule has 6 heavy (non-hydrogen) atoms. The number of aliphatic hydroxyl groups is 1. The van der Waals surface area contributed by atoms with E-state index in [0.717, 1.165) is 0 Å². The number of hydrogen-bond donors (Lipinski definition) is 2. The lowest BCUT2D eigenvalue weighted by Crippen LogP contribution is -2.28. The van der Waals surface area contributed by atoms with E-state index in [-0.39, 0.29) is 0 Å². The number of nitrogens with zero attached hydrogens (tertiary/aromatic N) is 1. The zero-order valence-corrected chi connectivity index (χ0v) is 2.87. The molecule has 0 spiro atoms. The van der Waals surface area contributed by atoms with Crippen LogP contribution in [0.25, 0.3) is 0 Å². The molecular formula is CH4N2O3. The first-order valence-corrected chi connectivity index (χ1v) is 1.21. The van der Waals surface area contributed by atoms with Gasteiger partial charge in [-0.1, -0.05) is 0 Å². The molecule has 0 aliphatic heterocycles. The van der Waals surface area contributed by atoms with Crippen molar-refractivity contribution in [2.45, 2.75) is 6.35 Å². The van der Waals surface area contributed by atoms with Crippen LogP contribution in [0, 0.1) is 10.1 Å². The van der Waals surface area contributed by atoms with Crippen molar-refractivity contribution in [3.63, 3.8) is 0 Å². The number of rotatable bonds is 1. The largest absolute Gasteiger partial charge is 0.371 e. The van der Waals surface area contributed by atoms with Gasteiger partial charge in [0.1, 0.15) is 0 Å². The number of nitrogens with two attached hydrogens (primary N) is 1. The Morgan fingerprint density at radius 2 is 2.17 bits per heavy atom. The van der Waals surface area contributed by atoms with Gasteiger partial charge in [0.25, 0.3) is 0 Å². The SMILES string of the molecule is NC(O)[N+](=O)[O-]. The van der Waals surface area contributed by atoms with Crippen LogP contribution in [0.4, 0.5) is 0 Å². The van der Waals surface area contributed by atoms with E-state index in [2.05, 4.69) is 5.73 Å². The Balaban J connectivity index is 3.26. The summed E-state index contributed by atoms with van der Waals surface area (Å²) in [5.74, 6) is 0. The molecule has 0 amide bonds. The van der Waals surface area contributed by atoms with E-state index in [4.69, 9.17) is 15.2 Å². The highest BCUT2D eigenvalue weighted by Crippen LogP contribution is 1.64. The van der Waals surface area contributed by atoms with Crippen molar-refractivity contribution < 1.29 is 10.0 Å². The second kappa shape index (κ2) is 1.68. The molecule has 0 rings (SSSR count). The fraction of sp³-hybridized carbons (Fsp3) is 1.00. The number of nitro groups is 1. The van der Waals surface area contributed by atoms with Crippen LogP contribution >= 0.6 is 0 Å². The summed E-state index contributed by atoms with van der Waals surface area (Å²) in [6.07, 6.45) is -1.93. The molecule has 0 saturated heterocycles. The van der Waals surface area contributed by atoms with Gasteiger partial charge in [0.05, 0.1) is 4.92 Å². The van der Waals surface area contributed by atoms with Gasteiger partial charge in [0.15, 0.2) is 0 Å². The predicted octanol–water partition coefficient (Wildman–Crippen LogP) is -1.50. The van der Waals surface area contributed by atoms with Crippen LogP contribution in [0.3, 0.4) is 0 Å². The van der Waals surface area contributed by atoms with Gasteiger partial charge in [0, 0.05) is 0 Å². The molecule has 5 heteroatoms. The molecule has 0 radical (unpaired) electrons. The first kappa shape index (κ1) is 5.32. The van der Waals surface area contributed by atoms with Gasteiger partial charge in [-0.25, -0.2) is 5.73 Å². The van der Waals surface area contributed by atoms with Crippen LogP contribution in [0.15, 0.2) is 0 Å². The molecule has 0 bridgehead atoms. The summed E-state index contributed by atoms with van der Waals surface area (Å²) < 4.78 is 0. The Bertz CT molecular complexity index is 59.8. The third kappa shape index (κ3) is 1.62. The molecule has 1 atom stereocenters. The minimum Gasteiger partial charge on any atom is -0.320 e. The molecule has 0 saturated carbocycles. The minimum absolute atomic E-state index is 1.00. The van der Waals surface area contributed by atoms with Crippen LogP contribution in [0.1, 0.15) is 0 Å². The molecule has 0 heterocycles. The lowest BCUT2D eigenvalue weighted by molar-refractivity contribution is -0.568. The smallest absolute Gasteiger partial charge is 0.320 e. The standard InChI is InChI=1S/CH4N2O3/c2-1(4)3(5)6/h1,4H,2H2. The van der Waals surface area contributed by atoms with Crippen molar-refractivity contribution in [1.82, 2.24) is 0 Å². The predicted molar refractivity (Wildman–Crippen MR) is 17.2 cm³/mol. The topological polar surface area (TPSA) is 89.4 Å². The second-order valence-corrected chi connectivity index (χ2v) is 0.699. The molecule has 0 aromatic rings. The lowest BCUT2D eigenvalue weighted by Gasteiger charge is -1.87. The highest BCUT2D eigenvalue weighted by molar-refractivity contribution is 4.12. The Hall–Kier alpha value is -0.680. The first-order chi connectivity index (χ1) is 2.64. The summed E-state index contributed by atoms with van der Waals surface area (Å²) in [5.41, 5.74) is 4.29. The van der Waals surface area contributed by atoms with E-state index in [9.17, 15) is 0 Å². The Labute approximate surface area is 33.5 Å². The quantitative estimate of drug-likeness (QED) is 0.234. The zero-order chi connectivity index (χ0) is 5.15. The van der Waals surface area contributed by atoms with E-state index in [1.807, 2.05) is 0 Å². The fourth-order valence-corrected chi connectivity index (χ4v) is 0. The van der Waals surface area contributed by atoms with Crippen molar-refractivity contribution in [1.29, 1.82) is 0 Å². The van der Waals surface area contributed by atoms with Crippen LogP contribution in [-0.4, -0.2) is 16.4 Å². The fourth-order valence-electron chi connectivity index (χ4n) is 0. The second-order valence-electron chi connectivity index (χ2n) is 0.699. The van der Waals surface area contributed by atoms with Crippen molar-refractivity contribution in [3.05, 3.63) is 10.1 Å². The van der Waals surface area contributed by atoms with Gasteiger partial charge < -0.3 is 5.11 Å². The molecule has 5 nitrogen and oxygen atoms in total. The van der Waals surface area contributed by atoms with Crippen molar-refractivity contribution in [3.8, 4) is 0 Å². The molecule has 1 unspecified atom stereocenters. The molecule has 3 N–H and O–H groups in total. The monoisotopic (exact) mass is 92.0 g/mol. The normalized spacial score (nSPS) is 13.7. The molecule has 0 aliphatic rings. The molecule has 0 aliphatic carbocycles. The highest BCUT2D eigenvalue weighted by atomic mass is 16.7. The molecule has 0 aromatic heterocycles. The van der Waals surface area contributed by atoms with Gasteiger partial charge in [-0.2, -0.15) is 0 Å². The number of hydrogen-bond acceptors (Lipinski definition) is 4. The Morgan fingerprint density at radius 3 is 2.17 bits per heavy atom. The van der Waals surface area contributed by atoms with Gasteiger partial charge >= 0.3 is 6.35 Å². The minimum atomic E-state index is -1.93. The molecule has 0 fully saturated rings. The summed E-state index contributed by atoms with van der Waals surface area (Å²) in [4.78, 5) is 8.13. The summed E-state index contributed by atoms with van der Waals surface area (Å²) in [6, 6.07) is 0. The first-order valence-electron chi connectivity index (χ1n) is 1.21. The summed E-state index contributed by atoms with van der Waals surface area (Å²) >= 11 is 0. The van der Waals surface area contributed by atoms with Crippen LogP contribution in [0.5, 0.6) is 0 Å². The third-order valence-electron chi connectivity index (χ3n) is 0.216. The average molecular weight is 92.1 g/mol. The van der Waals surface area contributed by atoms with E-state index < -0.39 is 11.3 Å². The Morgan fingerprint density at radius 1 is 2.00 bits per heavy atom. The van der Waals surface area contributed by atoms with Gasteiger partial charge in [-0.05, 0) is 0 Å². The van der Waals surface area contributed by atoms with Crippen molar-refractivity contribution in [2.24, 2.45) is 5.73 Å². The lowest BCUT2D eigenvalue weighted by atomic mass is 11.1. The van der Waals surface area contributed by atoms with Crippen molar-refractivity contribution in [2.75, 3.05) is 0 Å². The van der Waals surface area contributed by atoms with Crippen LogP contribution < -0.4 is 5.73 Å². The van der Waals surface area contributed by atoms with Crippen LogP contribution in [0.2, 0.25) is 0 Å². The van der Waals surface area contributed by atoms with Crippen LogP contribution in [-0.2, 0) is 0 Å². The van der Waals surface area contributed by atoms with Gasteiger partial charge in [-0.15, -0.1) is 0 Å². The zero-order valence-electron chi connectivity index (χ0n) is 2.87. The maximum Gasteiger partial charge on any atom is 0.371 e. The number of aliphatic hydroxyl groups excluding tert-OH is 1. The summed E-state index contributed by atoms with van der Waals surface area (Å²) in [6.45, 7) is 0. The molecule has 0 aromatic carbocycles. The maximum absolute atomic E-state index is 9.13. The van der Waals surface area contributed by atoms with E-state index in [1.165, 1.54) is 0 Å². The average Bonchev–Trinajstić information content (AvgIpc) is 1.36. The molecule has 36 valence electrons. The van der Waals surface area contributed by atoms with E-state index >= 15 is 0 Å². The maximum atomic E-state index is 9.13. The summed E-state index contributed by atoms with van der Waals surface area (Å²) in [7, 11) is 0. The van der Waals surface area contributed by atoms with E-state index in [1.54, 1.807) is 0 Å². The molecular weight excluding hydrogens is 88.0 g/mol. The third-order valence-corrected chi connectivity index (χ3v) is 0.216. The van der Waals surface area contributed by atoms with E-state index in [0.29, 0.717) is 0 Å². The highest BCUT2D eigenvalue weighted by Gasteiger charge is 2.02. The Kier molecular flexibility index (Phi) is 1.49. The van der Waals surface area contributed by atoms with Gasteiger partial charge in [0.2, 0.25) is 0 Å². The van der Waals surface area contributed by atoms with Crippen molar-refractivity contribution >= 4 is 0 Å². The summed E-state index contributed by atoms with van der Waals surface area (Å²) in [5, 5.41) is 16.8. The van der Waals surface area contributed by atoms with Gasteiger partial charge in [-0.3, -0.25) is 10.1 Å².